The van der Waals surface area contributed by atoms with Crippen molar-refractivity contribution in [1.29, 1.82) is 0 Å². The van der Waals surface area contributed by atoms with Crippen LogP contribution in [0.1, 0.15) is 23.6 Å². The van der Waals surface area contributed by atoms with Crippen LogP contribution >= 0.6 is 0 Å². The van der Waals surface area contributed by atoms with Crippen LogP contribution in [-0.4, -0.2) is 47.9 Å². The molecule has 0 radical (unpaired) electrons. The van der Waals surface area contributed by atoms with Gasteiger partial charge in [0.05, 0.1) is 12.1 Å². The molecule has 0 spiro atoms. The van der Waals surface area contributed by atoms with Crippen molar-refractivity contribution in [2.24, 2.45) is 5.92 Å². The lowest BCUT2D eigenvalue weighted by Gasteiger charge is -2.30. The lowest BCUT2D eigenvalue weighted by Crippen LogP contribution is -2.50. The molecule has 1 aliphatic heterocycles. The molecule has 3 rings (SSSR count). The van der Waals surface area contributed by atoms with Crippen LogP contribution in [0, 0.1) is 5.92 Å². The molecule has 30 heavy (non-hydrogen) atoms. The number of β-amino-alcohol motifs (C(OH)–C–C–N with tert-alkyl or cyclic N) is 1. The van der Waals surface area contributed by atoms with Gasteiger partial charge in [-0.2, -0.15) is 0 Å². The Kier molecular flexibility index (Phi) is 8.05. The minimum absolute atomic E-state index is 0.139. The van der Waals surface area contributed by atoms with E-state index < -0.39 is 18.2 Å². The predicted octanol–water partition coefficient (Wildman–Crippen LogP) is 3.57. The SMILES string of the molecule is C=CCOC(=O)N[C@@H](Cc1ccccc1)[C@H](O)CN1Cc2ccccc2C[C@H](C)C1. The van der Waals surface area contributed by atoms with Gasteiger partial charge in [0.25, 0.3) is 0 Å². The Labute approximate surface area is 179 Å². The number of nitrogens with zero attached hydrogens (tertiary/aromatic N) is 1. The summed E-state index contributed by atoms with van der Waals surface area (Å²) in [6.45, 7) is 8.14. The zero-order chi connectivity index (χ0) is 21.3. The highest BCUT2D eigenvalue weighted by molar-refractivity contribution is 5.67. The number of carbonyl (C=O) groups is 1. The Hall–Kier alpha value is -2.63. The maximum absolute atomic E-state index is 12.2. The summed E-state index contributed by atoms with van der Waals surface area (Å²) in [5.41, 5.74) is 3.75. The number of aliphatic hydroxyl groups is 1. The smallest absolute Gasteiger partial charge is 0.407 e. The second-order valence-corrected chi connectivity index (χ2v) is 8.17. The van der Waals surface area contributed by atoms with Crippen LogP contribution in [0.3, 0.4) is 0 Å². The number of aliphatic hydroxyl groups excluding tert-OH is 1. The van der Waals surface area contributed by atoms with Crippen LogP contribution in [0.4, 0.5) is 4.79 Å². The molecule has 1 aliphatic rings. The molecule has 0 bridgehead atoms. The highest BCUT2D eigenvalue weighted by Gasteiger charge is 2.27. The second kappa shape index (κ2) is 11.0. The van der Waals surface area contributed by atoms with E-state index in [1.54, 1.807) is 0 Å². The van der Waals surface area contributed by atoms with E-state index >= 15 is 0 Å². The van der Waals surface area contributed by atoms with Crippen LogP contribution in [0.2, 0.25) is 0 Å². The summed E-state index contributed by atoms with van der Waals surface area (Å²) >= 11 is 0. The van der Waals surface area contributed by atoms with E-state index in [4.69, 9.17) is 4.74 Å². The maximum Gasteiger partial charge on any atom is 0.407 e. The van der Waals surface area contributed by atoms with Crippen molar-refractivity contribution >= 4 is 6.09 Å². The largest absolute Gasteiger partial charge is 0.445 e. The zero-order valence-corrected chi connectivity index (χ0v) is 17.7. The molecule has 0 aliphatic carbocycles. The number of ether oxygens (including phenoxy) is 1. The number of alkyl carbamates (subject to hydrolysis) is 1. The van der Waals surface area contributed by atoms with Gasteiger partial charge < -0.3 is 15.2 Å². The Morgan fingerprint density at radius 2 is 1.93 bits per heavy atom. The van der Waals surface area contributed by atoms with E-state index in [-0.39, 0.29) is 6.61 Å². The minimum atomic E-state index is -0.723. The molecular formula is C25H32N2O3. The number of hydrogen-bond donors (Lipinski definition) is 2. The fourth-order valence-electron chi connectivity index (χ4n) is 4.11. The predicted molar refractivity (Wildman–Crippen MR) is 119 cm³/mol. The van der Waals surface area contributed by atoms with Crippen molar-refractivity contribution in [3.63, 3.8) is 0 Å². The summed E-state index contributed by atoms with van der Waals surface area (Å²) in [4.78, 5) is 14.5. The third kappa shape index (κ3) is 6.44. The molecule has 0 aromatic heterocycles. The Morgan fingerprint density at radius 1 is 1.23 bits per heavy atom. The molecule has 160 valence electrons. The lowest BCUT2D eigenvalue weighted by atomic mass is 9.99. The normalized spacial score (nSPS) is 18.5. The molecule has 0 unspecified atom stereocenters. The summed E-state index contributed by atoms with van der Waals surface area (Å²) in [6.07, 6.45) is 1.84. The summed E-state index contributed by atoms with van der Waals surface area (Å²) < 4.78 is 5.09. The quantitative estimate of drug-likeness (QED) is 0.656. The molecule has 1 heterocycles. The van der Waals surface area contributed by atoms with Gasteiger partial charge in [-0.25, -0.2) is 4.79 Å². The van der Waals surface area contributed by atoms with Gasteiger partial charge >= 0.3 is 6.09 Å². The topological polar surface area (TPSA) is 61.8 Å². The molecule has 2 N–H and O–H groups in total. The molecule has 2 aromatic rings. The number of fused-ring (bicyclic) bond motifs is 1. The summed E-state index contributed by atoms with van der Waals surface area (Å²) in [5.74, 6) is 0.499. The van der Waals surface area contributed by atoms with E-state index in [1.807, 2.05) is 30.3 Å². The molecular weight excluding hydrogens is 376 g/mol. The fraction of sp³-hybridized carbons (Fsp3) is 0.400. The van der Waals surface area contributed by atoms with Crippen LogP contribution in [0.5, 0.6) is 0 Å². The van der Waals surface area contributed by atoms with Crippen molar-refractivity contribution < 1.29 is 14.6 Å². The first-order chi connectivity index (χ1) is 14.5. The minimum Gasteiger partial charge on any atom is -0.445 e. The average molecular weight is 409 g/mol. The number of carbonyl (C=O) groups excluding carboxylic acids is 1. The van der Waals surface area contributed by atoms with Crippen LogP contribution < -0.4 is 5.32 Å². The van der Waals surface area contributed by atoms with Gasteiger partial charge in [-0.15, -0.1) is 0 Å². The first kappa shape index (κ1) is 22.1. The van der Waals surface area contributed by atoms with E-state index in [9.17, 15) is 9.90 Å². The molecule has 5 nitrogen and oxygen atoms in total. The van der Waals surface area contributed by atoms with E-state index in [2.05, 4.69) is 48.0 Å². The van der Waals surface area contributed by atoms with E-state index in [1.165, 1.54) is 17.2 Å². The summed E-state index contributed by atoms with van der Waals surface area (Å²) in [5, 5.41) is 13.9. The highest BCUT2D eigenvalue weighted by Crippen LogP contribution is 2.22. The average Bonchev–Trinajstić information content (AvgIpc) is 2.89. The first-order valence-corrected chi connectivity index (χ1v) is 10.6. The summed E-state index contributed by atoms with van der Waals surface area (Å²) in [7, 11) is 0. The van der Waals surface area contributed by atoms with Crippen molar-refractivity contribution in [1.82, 2.24) is 10.2 Å². The second-order valence-electron chi connectivity index (χ2n) is 8.17. The number of hydrogen-bond acceptors (Lipinski definition) is 4. The van der Waals surface area contributed by atoms with Crippen LogP contribution in [-0.2, 0) is 24.1 Å². The monoisotopic (exact) mass is 408 g/mol. The third-order valence-electron chi connectivity index (χ3n) is 5.49. The summed E-state index contributed by atoms with van der Waals surface area (Å²) in [6, 6.07) is 17.9. The van der Waals surface area contributed by atoms with E-state index in [0.717, 1.165) is 25.1 Å². The molecule has 3 atom stereocenters. The zero-order valence-electron chi connectivity index (χ0n) is 17.7. The van der Waals surface area contributed by atoms with Gasteiger partial charge in [0, 0.05) is 19.6 Å². The lowest BCUT2D eigenvalue weighted by molar-refractivity contribution is 0.0674. The molecule has 0 saturated carbocycles. The molecule has 0 fully saturated rings. The molecule has 1 amide bonds. The van der Waals surface area contributed by atoms with Crippen LogP contribution in [0.25, 0.3) is 0 Å². The van der Waals surface area contributed by atoms with Crippen molar-refractivity contribution in [2.45, 2.75) is 38.5 Å². The Balaban J connectivity index is 1.70. The molecule has 5 heteroatoms. The first-order valence-electron chi connectivity index (χ1n) is 10.6. The van der Waals surface area contributed by atoms with E-state index in [0.29, 0.717) is 18.9 Å². The van der Waals surface area contributed by atoms with Gasteiger partial charge in [0.15, 0.2) is 0 Å². The van der Waals surface area contributed by atoms with Gasteiger partial charge in [-0.3, -0.25) is 4.90 Å². The van der Waals surface area contributed by atoms with Gasteiger partial charge in [-0.1, -0.05) is 74.2 Å². The van der Waals surface area contributed by atoms with Gasteiger partial charge in [0.1, 0.15) is 6.61 Å². The maximum atomic E-state index is 12.2. The molecule has 2 aromatic carbocycles. The Morgan fingerprint density at radius 3 is 2.67 bits per heavy atom. The Bertz CT molecular complexity index is 824. The fourth-order valence-corrected chi connectivity index (χ4v) is 4.11. The number of rotatable bonds is 8. The third-order valence-corrected chi connectivity index (χ3v) is 5.49. The van der Waals surface area contributed by atoms with Crippen molar-refractivity contribution in [3.05, 3.63) is 83.9 Å². The van der Waals surface area contributed by atoms with Crippen molar-refractivity contribution in [2.75, 3.05) is 19.7 Å². The standard InChI is InChI=1S/C25H32N2O3/c1-3-13-30-25(29)26-23(15-20-9-5-4-6-10-20)24(28)18-27-16-19(2)14-21-11-7-8-12-22(21)17-27/h3-12,19,23-24,28H,1,13-18H2,2H3,(H,26,29)/t19-,23-,24+/m0/s1. The number of benzene rings is 2. The van der Waals surface area contributed by atoms with Crippen molar-refractivity contribution in [3.8, 4) is 0 Å². The van der Waals surface area contributed by atoms with Gasteiger partial charge in [0.2, 0.25) is 0 Å². The number of amides is 1. The van der Waals surface area contributed by atoms with Crippen LogP contribution in [0.15, 0.2) is 67.3 Å². The number of nitrogens with one attached hydrogen (secondary N) is 1. The highest BCUT2D eigenvalue weighted by atomic mass is 16.5. The molecule has 0 saturated heterocycles. The van der Waals surface area contributed by atoms with Gasteiger partial charge in [-0.05, 0) is 35.4 Å².